The first-order chi connectivity index (χ1) is 8.22. The van der Waals surface area contributed by atoms with Crippen LogP contribution in [0.3, 0.4) is 0 Å². The molecule has 7 heteroatoms. The van der Waals surface area contributed by atoms with Gasteiger partial charge in [-0.2, -0.15) is 0 Å². The number of hydrogen-bond acceptors (Lipinski definition) is 5. The Morgan fingerprint density at radius 2 is 2.18 bits per heavy atom. The summed E-state index contributed by atoms with van der Waals surface area (Å²) in [5, 5.41) is 0.397. The van der Waals surface area contributed by atoms with E-state index in [1.165, 1.54) is 0 Å². The minimum atomic E-state index is 0.383. The summed E-state index contributed by atoms with van der Waals surface area (Å²) < 4.78 is 5.86. The van der Waals surface area contributed by atoms with Crippen LogP contribution in [0.5, 0.6) is 0 Å². The molecule has 0 atom stereocenters. The molecule has 0 saturated heterocycles. The molecular weight excluding hydrogens is 354 g/mol. The van der Waals surface area contributed by atoms with Crippen molar-refractivity contribution in [3.05, 3.63) is 33.0 Å². The summed E-state index contributed by atoms with van der Waals surface area (Å²) in [6, 6.07) is 0. The molecule has 0 spiro atoms. The molecule has 0 aliphatic rings. The summed E-state index contributed by atoms with van der Waals surface area (Å²) in [4.78, 5) is 16.6. The molecule has 88 valence electrons. The Kier molecular flexibility index (Phi) is 4.19. The highest BCUT2D eigenvalue weighted by atomic mass is 127. The molecule has 0 N–H and O–H groups in total. The molecule has 0 aliphatic heterocycles. The normalized spacial score (nSPS) is 10.5. The average Bonchev–Trinajstić information content (AvgIpc) is 2.36. The van der Waals surface area contributed by atoms with E-state index >= 15 is 0 Å². The highest BCUT2D eigenvalue weighted by Crippen LogP contribution is 2.22. The third-order valence-electron chi connectivity index (χ3n) is 1.95. The standard InChI is InChI=1S/C10H8ClIN4O/c1-17-5-7-8(12)9(11)16-10(15-7)6-4-13-2-3-14-6/h2-4H,5H2,1H3. The van der Waals surface area contributed by atoms with Crippen LogP contribution >= 0.6 is 34.2 Å². The van der Waals surface area contributed by atoms with Gasteiger partial charge in [-0.15, -0.1) is 0 Å². The van der Waals surface area contributed by atoms with Crippen LogP contribution in [-0.2, 0) is 11.3 Å². The second-order valence-corrected chi connectivity index (χ2v) is 4.56. The van der Waals surface area contributed by atoms with Crippen LogP contribution in [0, 0.1) is 3.57 Å². The van der Waals surface area contributed by atoms with Crippen molar-refractivity contribution in [3.63, 3.8) is 0 Å². The van der Waals surface area contributed by atoms with Crippen molar-refractivity contribution in [2.75, 3.05) is 7.11 Å². The molecule has 0 amide bonds. The van der Waals surface area contributed by atoms with E-state index in [-0.39, 0.29) is 0 Å². The predicted molar refractivity (Wildman–Crippen MR) is 71.5 cm³/mol. The largest absolute Gasteiger partial charge is 0.378 e. The predicted octanol–water partition coefficient (Wildman–Crippen LogP) is 2.34. The van der Waals surface area contributed by atoms with Crippen molar-refractivity contribution < 1.29 is 4.74 Å². The van der Waals surface area contributed by atoms with Crippen molar-refractivity contribution in [1.82, 2.24) is 19.9 Å². The van der Waals surface area contributed by atoms with E-state index in [0.29, 0.717) is 23.3 Å². The van der Waals surface area contributed by atoms with Gasteiger partial charge < -0.3 is 4.74 Å². The van der Waals surface area contributed by atoms with Gasteiger partial charge in [0.25, 0.3) is 0 Å². The summed E-state index contributed by atoms with van der Waals surface area (Å²) in [5.74, 6) is 0.454. The summed E-state index contributed by atoms with van der Waals surface area (Å²) in [5.41, 5.74) is 1.33. The smallest absolute Gasteiger partial charge is 0.181 e. The van der Waals surface area contributed by atoms with Gasteiger partial charge in [-0.1, -0.05) is 11.6 Å². The first-order valence-corrected chi connectivity index (χ1v) is 6.15. The molecule has 2 aromatic rings. The lowest BCUT2D eigenvalue weighted by molar-refractivity contribution is 0.181. The maximum atomic E-state index is 6.04. The van der Waals surface area contributed by atoms with Crippen LogP contribution in [-0.4, -0.2) is 27.0 Å². The van der Waals surface area contributed by atoms with E-state index in [1.807, 2.05) is 0 Å². The van der Waals surface area contributed by atoms with Crippen molar-refractivity contribution in [3.8, 4) is 11.5 Å². The Hall–Kier alpha value is -0.860. The SMILES string of the molecule is COCc1nc(-c2cnccn2)nc(Cl)c1I. The fraction of sp³-hybridized carbons (Fsp3) is 0.200. The Balaban J connectivity index is 2.49. The van der Waals surface area contributed by atoms with Gasteiger partial charge in [-0.05, 0) is 22.6 Å². The molecule has 2 rings (SSSR count). The Morgan fingerprint density at radius 1 is 1.35 bits per heavy atom. The number of halogens is 2. The lowest BCUT2D eigenvalue weighted by Gasteiger charge is -2.06. The Morgan fingerprint density at radius 3 is 2.82 bits per heavy atom. The number of aromatic nitrogens is 4. The van der Waals surface area contributed by atoms with Crippen LogP contribution in [0.2, 0.25) is 5.15 Å². The molecule has 0 radical (unpaired) electrons. The zero-order chi connectivity index (χ0) is 12.3. The molecule has 0 bridgehead atoms. The van der Waals surface area contributed by atoms with E-state index < -0.39 is 0 Å². The number of rotatable bonds is 3. The molecule has 2 aromatic heterocycles. The van der Waals surface area contributed by atoms with Crippen molar-refractivity contribution in [1.29, 1.82) is 0 Å². The molecule has 0 aromatic carbocycles. The third-order valence-corrected chi connectivity index (χ3v) is 3.68. The van der Waals surface area contributed by atoms with E-state index in [4.69, 9.17) is 16.3 Å². The summed E-state index contributed by atoms with van der Waals surface area (Å²) >= 11 is 8.13. The summed E-state index contributed by atoms with van der Waals surface area (Å²) in [6.07, 6.45) is 4.77. The van der Waals surface area contributed by atoms with Gasteiger partial charge in [0.15, 0.2) is 5.82 Å². The maximum absolute atomic E-state index is 6.04. The lowest BCUT2D eigenvalue weighted by Crippen LogP contribution is -2.02. The zero-order valence-corrected chi connectivity index (χ0v) is 11.8. The molecule has 0 saturated carbocycles. The average molecular weight is 363 g/mol. The second kappa shape index (κ2) is 5.65. The minimum absolute atomic E-state index is 0.383. The van der Waals surface area contributed by atoms with Crippen LogP contribution in [0.1, 0.15) is 5.69 Å². The minimum Gasteiger partial charge on any atom is -0.378 e. The van der Waals surface area contributed by atoms with Gasteiger partial charge in [0.1, 0.15) is 10.8 Å². The van der Waals surface area contributed by atoms with Crippen molar-refractivity contribution in [2.45, 2.75) is 6.61 Å². The van der Waals surface area contributed by atoms with Crippen molar-refractivity contribution in [2.24, 2.45) is 0 Å². The number of methoxy groups -OCH3 is 1. The molecular formula is C10H8ClIN4O. The van der Waals surface area contributed by atoms with E-state index in [0.717, 1.165) is 9.26 Å². The summed E-state index contributed by atoms with van der Waals surface area (Å²) in [7, 11) is 1.61. The highest BCUT2D eigenvalue weighted by Gasteiger charge is 2.12. The molecule has 0 fully saturated rings. The molecule has 2 heterocycles. The zero-order valence-electron chi connectivity index (χ0n) is 8.89. The fourth-order valence-electron chi connectivity index (χ4n) is 1.22. The van der Waals surface area contributed by atoms with Crippen LogP contribution in [0.25, 0.3) is 11.5 Å². The Bertz CT molecular complexity index is 523. The first kappa shape index (κ1) is 12.6. The van der Waals surface area contributed by atoms with E-state index in [1.54, 1.807) is 25.7 Å². The van der Waals surface area contributed by atoms with Gasteiger partial charge in [0.05, 0.1) is 22.1 Å². The van der Waals surface area contributed by atoms with Crippen LogP contribution in [0.4, 0.5) is 0 Å². The van der Waals surface area contributed by atoms with Gasteiger partial charge >= 0.3 is 0 Å². The van der Waals surface area contributed by atoms with Gasteiger partial charge in [-0.25, -0.2) is 15.0 Å². The molecule has 0 aliphatic carbocycles. The number of nitrogens with zero attached hydrogens (tertiary/aromatic N) is 4. The second-order valence-electron chi connectivity index (χ2n) is 3.12. The number of hydrogen-bond donors (Lipinski definition) is 0. The summed E-state index contributed by atoms with van der Waals surface area (Å²) in [6.45, 7) is 0.383. The van der Waals surface area contributed by atoms with Gasteiger partial charge in [-0.3, -0.25) is 4.98 Å². The fourth-order valence-corrected chi connectivity index (χ4v) is 1.81. The molecule has 5 nitrogen and oxygen atoms in total. The lowest BCUT2D eigenvalue weighted by atomic mass is 10.3. The first-order valence-electron chi connectivity index (χ1n) is 4.69. The van der Waals surface area contributed by atoms with E-state index in [2.05, 4.69) is 42.5 Å². The number of ether oxygens (including phenoxy) is 1. The topological polar surface area (TPSA) is 60.8 Å². The van der Waals surface area contributed by atoms with Crippen molar-refractivity contribution >= 4 is 34.2 Å². The van der Waals surface area contributed by atoms with Gasteiger partial charge in [0, 0.05) is 19.5 Å². The highest BCUT2D eigenvalue weighted by molar-refractivity contribution is 14.1. The third kappa shape index (κ3) is 2.88. The quantitative estimate of drug-likeness (QED) is 0.619. The maximum Gasteiger partial charge on any atom is 0.181 e. The molecule has 17 heavy (non-hydrogen) atoms. The molecule has 0 unspecified atom stereocenters. The van der Waals surface area contributed by atoms with Gasteiger partial charge in [0.2, 0.25) is 0 Å². The van der Waals surface area contributed by atoms with Crippen LogP contribution < -0.4 is 0 Å². The van der Waals surface area contributed by atoms with E-state index in [9.17, 15) is 0 Å². The Labute approximate surface area is 117 Å². The van der Waals surface area contributed by atoms with Crippen LogP contribution in [0.15, 0.2) is 18.6 Å². The monoisotopic (exact) mass is 362 g/mol.